The largest absolute Gasteiger partial charge is 0.594 e. The van der Waals surface area contributed by atoms with Gasteiger partial charge in [0.05, 0.1) is 6.61 Å². The zero-order valence-corrected chi connectivity index (χ0v) is 16.9. The molecule has 0 heterocycles. The minimum absolute atomic E-state index is 0.497. The fraction of sp³-hybridized carbons (Fsp3) is 0.478. The molecule has 0 aliphatic heterocycles. The van der Waals surface area contributed by atoms with E-state index in [0.717, 1.165) is 18.6 Å². The SMILES string of the molecule is CCCCCCOc1ccc([N+]([O-])=Nc2ccc(CC(C)CC)cc2)cc1. The summed E-state index contributed by atoms with van der Waals surface area (Å²) in [7, 11) is 0. The van der Waals surface area contributed by atoms with Gasteiger partial charge in [-0.2, -0.15) is 0 Å². The first-order valence-corrected chi connectivity index (χ1v) is 10.1. The van der Waals surface area contributed by atoms with E-state index in [4.69, 9.17) is 4.74 Å². The van der Waals surface area contributed by atoms with Crippen molar-refractivity contribution in [3.8, 4) is 5.75 Å². The van der Waals surface area contributed by atoms with Crippen LogP contribution in [0.25, 0.3) is 0 Å². The predicted octanol–water partition coefficient (Wildman–Crippen LogP) is 7.16. The molecule has 0 fully saturated rings. The number of hydrogen-bond acceptors (Lipinski definition) is 3. The molecule has 0 aliphatic rings. The lowest BCUT2D eigenvalue weighted by Gasteiger charge is -2.08. The lowest BCUT2D eigenvalue weighted by atomic mass is 9.99. The molecule has 27 heavy (non-hydrogen) atoms. The van der Waals surface area contributed by atoms with Crippen molar-refractivity contribution in [2.75, 3.05) is 6.61 Å². The second kappa shape index (κ2) is 11.4. The fourth-order valence-electron chi connectivity index (χ4n) is 2.80. The molecule has 1 unspecified atom stereocenters. The van der Waals surface area contributed by atoms with Gasteiger partial charge in [0.1, 0.15) is 11.4 Å². The Morgan fingerprint density at radius 3 is 2.30 bits per heavy atom. The Labute approximate surface area is 163 Å². The van der Waals surface area contributed by atoms with Crippen molar-refractivity contribution in [1.82, 2.24) is 0 Å². The standard InChI is InChI=1S/C23H32N2O2/c1-4-6-7-8-17-27-23-15-13-22(14-16-23)25(26)24-21-11-9-20(10-12-21)18-19(3)5-2/h9-16,19H,4-8,17-18H2,1-3H3. The highest BCUT2D eigenvalue weighted by Gasteiger charge is 2.06. The number of unbranched alkanes of at least 4 members (excludes halogenated alkanes) is 3. The average Bonchev–Trinajstić information content (AvgIpc) is 2.69. The normalized spacial score (nSPS) is 12.8. The summed E-state index contributed by atoms with van der Waals surface area (Å²) in [6.45, 7) is 7.36. The lowest BCUT2D eigenvalue weighted by molar-refractivity contribution is -0.435. The van der Waals surface area contributed by atoms with Crippen molar-refractivity contribution in [2.24, 2.45) is 11.0 Å². The van der Waals surface area contributed by atoms with E-state index in [2.05, 4.69) is 25.9 Å². The first-order chi connectivity index (χ1) is 13.1. The minimum atomic E-state index is 0.497. The fourth-order valence-corrected chi connectivity index (χ4v) is 2.80. The summed E-state index contributed by atoms with van der Waals surface area (Å²) in [6.07, 6.45) is 6.94. The summed E-state index contributed by atoms with van der Waals surface area (Å²) in [5.74, 6) is 1.45. The van der Waals surface area contributed by atoms with E-state index in [1.807, 2.05) is 36.4 Å². The summed E-state index contributed by atoms with van der Waals surface area (Å²) in [5, 5.41) is 16.4. The summed E-state index contributed by atoms with van der Waals surface area (Å²) in [5.41, 5.74) is 2.44. The van der Waals surface area contributed by atoms with Crippen LogP contribution in [-0.2, 0) is 6.42 Å². The molecule has 0 aromatic heterocycles. The summed E-state index contributed by atoms with van der Waals surface area (Å²) >= 11 is 0. The quantitative estimate of drug-likeness (QED) is 0.183. The molecule has 0 amide bonds. The summed E-state index contributed by atoms with van der Waals surface area (Å²) in [4.78, 5) is 0.661. The predicted molar refractivity (Wildman–Crippen MR) is 111 cm³/mol. The number of hydrogen-bond donors (Lipinski definition) is 0. The molecule has 146 valence electrons. The number of nitrogens with zero attached hydrogens (tertiary/aromatic N) is 2. The highest BCUT2D eigenvalue weighted by Crippen LogP contribution is 2.22. The van der Waals surface area contributed by atoms with E-state index in [1.54, 1.807) is 12.1 Å². The van der Waals surface area contributed by atoms with Crippen LogP contribution in [0.15, 0.2) is 53.6 Å². The van der Waals surface area contributed by atoms with Gasteiger partial charge in [-0.25, -0.2) is 0 Å². The van der Waals surface area contributed by atoms with Gasteiger partial charge in [0.25, 0.3) is 0 Å². The second-order valence-corrected chi connectivity index (χ2v) is 7.16. The molecule has 0 saturated heterocycles. The molecule has 2 aromatic rings. The molecule has 1 atom stereocenters. The van der Waals surface area contributed by atoms with Crippen molar-refractivity contribution in [1.29, 1.82) is 0 Å². The molecule has 0 bridgehead atoms. The number of benzene rings is 2. The molecule has 2 aromatic carbocycles. The highest BCUT2D eigenvalue weighted by molar-refractivity contribution is 5.39. The van der Waals surface area contributed by atoms with Crippen LogP contribution >= 0.6 is 0 Å². The third-order valence-electron chi connectivity index (χ3n) is 4.75. The molecule has 0 radical (unpaired) electrons. The third kappa shape index (κ3) is 7.41. The molecular weight excluding hydrogens is 336 g/mol. The monoisotopic (exact) mass is 368 g/mol. The maximum Gasteiger partial charge on any atom is 0.245 e. The van der Waals surface area contributed by atoms with Crippen LogP contribution in [0.2, 0.25) is 0 Å². The maximum atomic E-state index is 12.3. The van der Waals surface area contributed by atoms with E-state index >= 15 is 0 Å². The van der Waals surface area contributed by atoms with Gasteiger partial charge in [-0.3, -0.25) is 0 Å². The first kappa shape index (κ1) is 20.9. The van der Waals surface area contributed by atoms with Gasteiger partial charge in [-0.15, -0.1) is 0 Å². The molecule has 0 N–H and O–H groups in total. The van der Waals surface area contributed by atoms with Gasteiger partial charge >= 0.3 is 0 Å². The van der Waals surface area contributed by atoms with Gasteiger partial charge in [0.15, 0.2) is 0 Å². The van der Waals surface area contributed by atoms with E-state index in [-0.39, 0.29) is 0 Å². The third-order valence-corrected chi connectivity index (χ3v) is 4.75. The number of ether oxygens (including phenoxy) is 1. The highest BCUT2D eigenvalue weighted by atomic mass is 16.5. The topological polar surface area (TPSA) is 47.7 Å². The minimum Gasteiger partial charge on any atom is -0.594 e. The van der Waals surface area contributed by atoms with Crippen LogP contribution < -0.4 is 4.74 Å². The van der Waals surface area contributed by atoms with Gasteiger partial charge in [-0.05, 0) is 48.6 Å². The van der Waals surface area contributed by atoms with Crippen LogP contribution in [0.4, 0.5) is 11.4 Å². The Bertz CT molecular complexity index is 693. The zero-order chi connectivity index (χ0) is 19.5. The van der Waals surface area contributed by atoms with E-state index < -0.39 is 0 Å². The smallest absolute Gasteiger partial charge is 0.245 e. The molecule has 4 heteroatoms. The average molecular weight is 369 g/mol. The van der Waals surface area contributed by atoms with Crippen LogP contribution in [0.5, 0.6) is 5.75 Å². The van der Waals surface area contributed by atoms with E-state index in [9.17, 15) is 5.21 Å². The number of azo groups is 1. The van der Waals surface area contributed by atoms with Crippen LogP contribution in [0.3, 0.4) is 0 Å². The van der Waals surface area contributed by atoms with Crippen LogP contribution in [0, 0.1) is 11.1 Å². The molecule has 0 aliphatic carbocycles. The van der Waals surface area contributed by atoms with E-state index in [1.165, 1.54) is 31.2 Å². The molecule has 2 rings (SSSR count). The Morgan fingerprint density at radius 2 is 1.67 bits per heavy atom. The van der Waals surface area contributed by atoms with Crippen molar-refractivity contribution >= 4 is 11.4 Å². The Hall–Kier alpha value is -2.36. The molecular formula is C23H32N2O2. The molecule has 0 saturated carbocycles. The van der Waals surface area contributed by atoms with E-state index in [0.29, 0.717) is 28.8 Å². The summed E-state index contributed by atoms with van der Waals surface area (Å²) < 4.78 is 5.71. The Balaban J connectivity index is 1.91. The Morgan fingerprint density at radius 1 is 0.963 bits per heavy atom. The van der Waals surface area contributed by atoms with Crippen LogP contribution in [-0.4, -0.2) is 11.5 Å². The molecule has 0 spiro atoms. The lowest BCUT2D eigenvalue weighted by Crippen LogP contribution is -1.98. The van der Waals surface area contributed by atoms with Crippen molar-refractivity contribution < 1.29 is 9.60 Å². The van der Waals surface area contributed by atoms with Gasteiger partial charge in [0, 0.05) is 17.2 Å². The Kier molecular flexibility index (Phi) is 8.82. The van der Waals surface area contributed by atoms with Crippen molar-refractivity contribution in [2.45, 2.75) is 59.3 Å². The van der Waals surface area contributed by atoms with Gasteiger partial charge in [-0.1, -0.05) is 63.4 Å². The molecule has 4 nitrogen and oxygen atoms in total. The van der Waals surface area contributed by atoms with Gasteiger partial charge in [0.2, 0.25) is 5.69 Å². The summed E-state index contributed by atoms with van der Waals surface area (Å²) in [6, 6.07) is 15.0. The second-order valence-electron chi connectivity index (χ2n) is 7.16. The number of rotatable bonds is 11. The maximum absolute atomic E-state index is 12.3. The van der Waals surface area contributed by atoms with Gasteiger partial charge < -0.3 is 9.94 Å². The van der Waals surface area contributed by atoms with Crippen LogP contribution in [0.1, 0.15) is 58.4 Å². The van der Waals surface area contributed by atoms with Crippen molar-refractivity contribution in [3.05, 3.63) is 59.3 Å². The first-order valence-electron chi connectivity index (χ1n) is 10.1. The van der Waals surface area contributed by atoms with Crippen molar-refractivity contribution in [3.63, 3.8) is 0 Å². The zero-order valence-electron chi connectivity index (χ0n) is 16.9.